The maximum absolute atomic E-state index is 9.36. The second kappa shape index (κ2) is 7.08. The minimum absolute atomic E-state index is 0.240. The Morgan fingerprint density at radius 3 is 2.22 bits per heavy atom. The summed E-state index contributed by atoms with van der Waals surface area (Å²) in [6, 6.07) is 3.66. The van der Waals surface area contributed by atoms with Crippen LogP contribution >= 0.6 is 0 Å². The molecule has 0 spiro atoms. The predicted octanol–water partition coefficient (Wildman–Crippen LogP) is 0.998. The first kappa shape index (κ1) is 14.6. The van der Waals surface area contributed by atoms with Crippen LogP contribution in [0.2, 0.25) is 0 Å². The number of hydrogen-bond donors (Lipinski definition) is 2. The van der Waals surface area contributed by atoms with Crippen molar-refractivity contribution in [3.63, 3.8) is 0 Å². The number of benzene rings is 1. The molecule has 0 radical (unpaired) electrons. The van der Waals surface area contributed by atoms with Crippen LogP contribution in [0, 0.1) is 0 Å². The van der Waals surface area contributed by atoms with Crippen molar-refractivity contribution in [3.8, 4) is 17.2 Å². The molecule has 1 aromatic rings. The smallest absolute Gasteiger partial charge is 0.203 e. The monoisotopic (exact) mass is 256 g/mol. The Labute approximate surface area is 107 Å². The summed E-state index contributed by atoms with van der Waals surface area (Å²) in [5, 5.41) is 18.2. The van der Waals surface area contributed by atoms with Gasteiger partial charge in [0.2, 0.25) is 5.75 Å². The number of ether oxygens (including phenoxy) is 3. The molecule has 0 aromatic heterocycles. The summed E-state index contributed by atoms with van der Waals surface area (Å²) in [6.07, 6.45) is 0.330. The van der Waals surface area contributed by atoms with Crippen molar-refractivity contribution >= 4 is 0 Å². The molecular weight excluding hydrogens is 236 g/mol. The highest BCUT2D eigenvalue weighted by Gasteiger charge is 2.16. The molecule has 0 fully saturated rings. The van der Waals surface area contributed by atoms with Gasteiger partial charge < -0.3 is 24.4 Å². The summed E-state index contributed by atoms with van der Waals surface area (Å²) in [5.74, 6) is 1.73. The Balaban J connectivity index is 2.97. The minimum atomic E-state index is -0.720. The van der Waals surface area contributed by atoms with E-state index in [1.807, 2.05) is 6.07 Å². The molecule has 1 atom stereocenters. The van der Waals surface area contributed by atoms with Gasteiger partial charge in [-0.25, -0.2) is 0 Å². The van der Waals surface area contributed by atoms with E-state index in [2.05, 4.69) is 0 Å². The summed E-state index contributed by atoms with van der Waals surface area (Å²) in [4.78, 5) is 0. The molecule has 5 nitrogen and oxygen atoms in total. The Morgan fingerprint density at radius 1 is 1.06 bits per heavy atom. The molecule has 0 heterocycles. The molecule has 0 aliphatic heterocycles. The van der Waals surface area contributed by atoms with Gasteiger partial charge >= 0.3 is 0 Å². The van der Waals surface area contributed by atoms with Crippen LogP contribution in [-0.2, 0) is 6.42 Å². The van der Waals surface area contributed by atoms with E-state index in [1.54, 1.807) is 27.4 Å². The van der Waals surface area contributed by atoms with Crippen molar-refractivity contribution in [1.82, 2.24) is 0 Å². The average molecular weight is 256 g/mol. The Morgan fingerprint density at radius 2 is 1.72 bits per heavy atom. The Kier molecular flexibility index (Phi) is 5.74. The Bertz CT molecular complexity index is 378. The first-order chi connectivity index (χ1) is 8.67. The van der Waals surface area contributed by atoms with Gasteiger partial charge in [0.05, 0.1) is 34.0 Å². The molecule has 1 aromatic carbocycles. The quantitative estimate of drug-likeness (QED) is 0.761. The summed E-state index contributed by atoms with van der Waals surface area (Å²) in [5.41, 5.74) is 0.905. The van der Waals surface area contributed by atoms with Crippen LogP contribution in [0.1, 0.15) is 12.0 Å². The van der Waals surface area contributed by atoms with Crippen LogP contribution in [0.4, 0.5) is 0 Å². The number of aliphatic hydroxyl groups is 2. The molecule has 102 valence electrons. The van der Waals surface area contributed by atoms with Gasteiger partial charge in [-0.3, -0.25) is 0 Å². The highest BCUT2D eigenvalue weighted by atomic mass is 16.5. The molecule has 5 heteroatoms. The van der Waals surface area contributed by atoms with E-state index in [1.165, 1.54) is 0 Å². The van der Waals surface area contributed by atoms with Crippen molar-refractivity contribution in [2.24, 2.45) is 0 Å². The first-order valence-electron chi connectivity index (χ1n) is 5.74. The third-order valence-corrected chi connectivity index (χ3v) is 2.74. The van der Waals surface area contributed by atoms with Crippen molar-refractivity contribution in [2.45, 2.75) is 18.9 Å². The standard InChI is InChI=1S/C13H20O5/c1-16-11-7-5-9(4-6-10(15)8-14)12(17-2)13(11)18-3/h5,7,10,14-15H,4,6,8H2,1-3H3. The molecule has 18 heavy (non-hydrogen) atoms. The lowest BCUT2D eigenvalue weighted by atomic mass is 10.0. The molecular formula is C13H20O5. The molecule has 0 saturated heterocycles. The van der Waals surface area contributed by atoms with Crippen LogP contribution in [0.15, 0.2) is 12.1 Å². The lowest BCUT2D eigenvalue weighted by molar-refractivity contribution is 0.0884. The highest BCUT2D eigenvalue weighted by Crippen LogP contribution is 2.40. The second-order valence-corrected chi connectivity index (χ2v) is 3.87. The van der Waals surface area contributed by atoms with Gasteiger partial charge in [-0.15, -0.1) is 0 Å². The predicted molar refractivity (Wildman–Crippen MR) is 67.5 cm³/mol. The SMILES string of the molecule is COc1ccc(CCC(O)CO)c(OC)c1OC. The molecule has 0 saturated carbocycles. The van der Waals surface area contributed by atoms with Crippen LogP contribution < -0.4 is 14.2 Å². The highest BCUT2D eigenvalue weighted by molar-refractivity contribution is 5.55. The van der Waals surface area contributed by atoms with Gasteiger partial charge in [-0.2, -0.15) is 0 Å². The minimum Gasteiger partial charge on any atom is -0.493 e. The zero-order valence-corrected chi connectivity index (χ0v) is 11.0. The van der Waals surface area contributed by atoms with Crippen LogP contribution in [0.3, 0.4) is 0 Å². The average Bonchev–Trinajstić information content (AvgIpc) is 2.43. The molecule has 0 aliphatic carbocycles. The lowest BCUT2D eigenvalue weighted by Gasteiger charge is -2.16. The van der Waals surface area contributed by atoms with Crippen molar-refractivity contribution in [2.75, 3.05) is 27.9 Å². The van der Waals surface area contributed by atoms with E-state index in [0.717, 1.165) is 5.56 Å². The second-order valence-electron chi connectivity index (χ2n) is 3.87. The lowest BCUT2D eigenvalue weighted by Crippen LogP contribution is -2.13. The largest absolute Gasteiger partial charge is 0.493 e. The van der Waals surface area contributed by atoms with Gasteiger partial charge in [0.25, 0.3) is 0 Å². The topological polar surface area (TPSA) is 68.2 Å². The first-order valence-corrected chi connectivity index (χ1v) is 5.74. The maximum atomic E-state index is 9.36. The number of hydrogen-bond acceptors (Lipinski definition) is 5. The van der Waals surface area contributed by atoms with E-state index >= 15 is 0 Å². The third kappa shape index (κ3) is 3.27. The van der Waals surface area contributed by atoms with Crippen LogP contribution in [0.5, 0.6) is 17.2 Å². The molecule has 0 bridgehead atoms. The summed E-state index contributed by atoms with van der Waals surface area (Å²) in [6.45, 7) is -0.240. The van der Waals surface area contributed by atoms with E-state index in [0.29, 0.717) is 30.1 Å². The molecule has 2 N–H and O–H groups in total. The van der Waals surface area contributed by atoms with Crippen molar-refractivity contribution < 1.29 is 24.4 Å². The van der Waals surface area contributed by atoms with Crippen LogP contribution in [0.25, 0.3) is 0 Å². The fourth-order valence-corrected chi connectivity index (χ4v) is 1.77. The molecule has 1 rings (SSSR count). The zero-order valence-electron chi connectivity index (χ0n) is 11.0. The van der Waals surface area contributed by atoms with Gasteiger partial charge in [0.15, 0.2) is 11.5 Å². The summed E-state index contributed by atoms with van der Waals surface area (Å²) < 4.78 is 15.8. The molecule has 0 amide bonds. The van der Waals surface area contributed by atoms with Crippen molar-refractivity contribution in [3.05, 3.63) is 17.7 Å². The van der Waals surface area contributed by atoms with Crippen LogP contribution in [-0.4, -0.2) is 44.3 Å². The van der Waals surface area contributed by atoms with Gasteiger partial charge in [-0.05, 0) is 24.5 Å². The maximum Gasteiger partial charge on any atom is 0.203 e. The molecule has 1 unspecified atom stereocenters. The van der Waals surface area contributed by atoms with Gasteiger partial charge in [0.1, 0.15) is 0 Å². The summed E-state index contributed by atoms with van der Waals surface area (Å²) >= 11 is 0. The molecule has 0 aliphatic rings. The number of aliphatic hydroxyl groups excluding tert-OH is 2. The number of methoxy groups -OCH3 is 3. The van der Waals surface area contributed by atoms with E-state index in [4.69, 9.17) is 19.3 Å². The van der Waals surface area contributed by atoms with E-state index < -0.39 is 6.10 Å². The van der Waals surface area contributed by atoms with Gasteiger partial charge in [-0.1, -0.05) is 6.07 Å². The normalized spacial score (nSPS) is 12.1. The Hall–Kier alpha value is -1.46. The fourth-order valence-electron chi connectivity index (χ4n) is 1.77. The van der Waals surface area contributed by atoms with Gasteiger partial charge in [0, 0.05) is 0 Å². The number of rotatable bonds is 7. The summed E-state index contributed by atoms with van der Waals surface area (Å²) in [7, 11) is 4.67. The van der Waals surface area contributed by atoms with E-state index in [-0.39, 0.29) is 6.61 Å². The van der Waals surface area contributed by atoms with E-state index in [9.17, 15) is 5.11 Å². The van der Waals surface area contributed by atoms with Crippen molar-refractivity contribution in [1.29, 1.82) is 0 Å². The zero-order chi connectivity index (χ0) is 13.5. The third-order valence-electron chi connectivity index (χ3n) is 2.74. The number of aryl methyl sites for hydroxylation is 1. The fraction of sp³-hybridized carbons (Fsp3) is 0.538.